The van der Waals surface area contributed by atoms with E-state index in [1.54, 1.807) is 0 Å². The van der Waals surface area contributed by atoms with Gasteiger partial charge in [0.2, 0.25) is 0 Å². The molecule has 1 heteroatoms. The minimum absolute atomic E-state index is 0.484. The normalized spacial score (nSPS) is 24.4. The van der Waals surface area contributed by atoms with E-state index in [-0.39, 0.29) is 0 Å². The first-order valence-corrected chi connectivity index (χ1v) is 5.11. The summed E-state index contributed by atoms with van der Waals surface area (Å²) >= 11 is 0. The maximum Gasteiger partial charge on any atom is 0.0612 e. The molecule has 0 radical (unpaired) electrons. The Bertz CT molecular complexity index is 140. The third-order valence-electron chi connectivity index (χ3n) is 2.42. The van der Waals surface area contributed by atoms with Gasteiger partial charge in [-0.1, -0.05) is 25.5 Å². The van der Waals surface area contributed by atoms with Crippen LogP contribution in [-0.2, 0) is 4.74 Å². The second kappa shape index (κ2) is 5.36. The van der Waals surface area contributed by atoms with Crippen LogP contribution in [0.15, 0.2) is 12.2 Å². The molecule has 0 bridgehead atoms. The number of rotatable bonds is 4. The second-order valence-electron chi connectivity index (χ2n) is 3.69. The lowest BCUT2D eigenvalue weighted by Gasteiger charge is -2.23. The van der Waals surface area contributed by atoms with Crippen LogP contribution in [0.5, 0.6) is 0 Å². The number of hydrogen-bond acceptors (Lipinski definition) is 1. The summed E-state index contributed by atoms with van der Waals surface area (Å²) in [6.07, 6.45) is 7.74. The fraction of sp³-hybridized carbons (Fsp3) is 0.818. The van der Waals surface area contributed by atoms with Crippen molar-refractivity contribution in [3.63, 3.8) is 0 Å². The van der Waals surface area contributed by atoms with Crippen molar-refractivity contribution in [2.24, 2.45) is 0 Å². The Kier molecular flexibility index (Phi) is 4.37. The lowest BCUT2D eigenvalue weighted by atomic mass is 9.94. The highest BCUT2D eigenvalue weighted by Crippen LogP contribution is 2.24. The van der Waals surface area contributed by atoms with E-state index in [0.29, 0.717) is 6.10 Å². The monoisotopic (exact) mass is 168 g/mol. The van der Waals surface area contributed by atoms with Crippen molar-refractivity contribution in [1.82, 2.24) is 0 Å². The summed E-state index contributed by atoms with van der Waals surface area (Å²) in [5.41, 5.74) is 1.38. The Morgan fingerprint density at radius 1 is 1.58 bits per heavy atom. The van der Waals surface area contributed by atoms with Gasteiger partial charge in [0, 0.05) is 6.61 Å². The van der Waals surface area contributed by atoms with Crippen LogP contribution in [0, 0.1) is 0 Å². The van der Waals surface area contributed by atoms with Gasteiger partial charge in [-0.15, -0.1) is 0 Å². The molecule has 70 valence electrons. The first-order chi connectivity index (χ1) is 5.83. The molecule has 12 heavy (non-hydrogen) atoms. The van der Waals surface area contributed by atoms with E-state index in [2.05, 4.69) is 13.5 Å². The van der Waals surface area contributed by atoms with Gasteiger partial charge in [-0.2, -0.15) is 0 Å². The van der Waals surface area contributed by atoms with Crippen LogP contribution < -0.4 is 0 Å². The zero-order valence-corrected chi connectivity index (χ0v) is 8.14. The van der Waals surface area contributed by atoms with Crippen LogP contribution in [0.25, 0.3) is 0 Å². The van der Waals surface area contributed by atoms with E-state index < -0.39 is 0 Å². The van der Waals surface area contributed by atoms with Gasteiger partial charge in [-0.25, -0.2) is 0 Å². The van der Waals surface area contributed by atoms with Crippen LogP contribution in [0.1, 0.15) is 45.4 Å². The molecule has 1 rings (SSSR count). The average Bonchev–Trinajstić information content (AvgIpc) is 2.05. The number of ether oxygens (including phenoxy) is 1. The van der Waals surface area contributed by atoms with Gasteiger partial charge in [0.15, 0.2) is 0 Å². The van der Waals surface area contributed by atoms with E-state index in [1.165, 1.54) is 37.7 Å². The van der Waals surface area contributed by atoms with Crippen LogP contribution in [0.3, 0.4) is 0 Å². The molecule has 0 spiro atoms. The molecule has 1 unspecified atom stereocenters. The Morgan fingerprint density at radius 3 is 3.08 bits per heavy atom. The molecule has 1 saturated carbocycles. The summed E-state index contributed by atoms with van der Waals surface area (Å²) in [5.74, 6) is 0. The SMILES string of the molecule is C=C1CCCC(OCCCC)C1. The van der Waals surface area contributed by atoms with Gasteiger partial charge in [-0.3, -0.25) is 0 Å². The molecule has 1 aliphatic rings. The van der Waals surface area contributed by atoms with E-state index in [1.807, 2.05) is 0 Å². The molecule has 0 saturated heterocycles. The van der Waals surface area contributed by atoms with Crippen molar-refractivity contribution in [1.29, 1.82) is 0 Å². The van der Waals surface area contributed by atoms with E-state index in [9.17, 15) is 0 Å². The summed E-state index contributed by atoms with van der Waals surface area (Å²) in [6, 6.07) is 0. The quantitative estimate of drug-likeness (QED) is 0.462. The molecule has 0 amide bonds. The average molecular weight is 168 g/mol. The highest BCUT2D eigenvalue weighted by Gasteiger charge is 2.15. The summed E-state index contributed by atoms with van der Waals surface area (Å²) in [4.78, 5) is 0. The van der Waals surface area contributed by atoms with Gasteiger partial charge < -0.3 is 4.74 Å². The Hall–Kier alpha value is -0.300. The Morgan fingerprint density at radius 2 is 2.42 bits per heavy atom. The van der Waals surface area contributed by atoms with Gasteiger partial charge in [0.25, 0.3) is 0 Å². The van der Waals surface area contributed by atoms with Crippen molar-refractivity contribution < 1.29 is 4.74 Å². The van der Waals surface area contributed by atoms with Crippen LogP contribution in [0.4, 0.5) is 0 Å². The number of unbranched alkanes of at least 4 members (excludes halogenated alkanes) is 1. The molecule has 1 fully saturated rings. The zero-order chi connectivity index (χ0) is 8.81. The molecule has 0 aromatic carbocycles. The van der Waals surface area contributed by atoms with Gasteiger partial charge >= 0.3 is 0 Å². The first-order valence-electron chi connectivity index (χ1n) is 5.11. The topological polar surface area (TPSA) is 9.23 Å². The molecule has 1 aliphatic carbocycles. The maximum absolute atomic E-state index is 5.73. The summed E-state index contributed by atoms with van der Waals surface area (Å²) < 4.78 is 5.73. The molecular formula is C11H20O. The third kappa shape index (κ3) is 3.40. The fourth-order valence-electron chi connectivity index (χ4n) is 1.64. The molecular weight excluding hydrogens is 148 g/mol. The summed E-state index contributed by atoms with van der Waals surface area (Å²) in [5, 5.41) is 0. The molecule has 0 heterocycles. The van der Waals surface area contributed by atoms with Gasteiger partial charge in [0.1, 0.15) is 0 Å². The molecule has 1 nitrogen and oxygen atoms in total. The van der Waals surface area contributed by atoms with Gasteiger partial charge in [0.05, 0.1) is 6.10 Å². The van der Waals surface area contributed by atoms with Crippen LogP contribution in [0.2, 0.25) is 0 Å². The lowest BCUT2D eigenvalue weighted by Crippen LogP contribution is -2.18. The van der Waals surface area contributed by atoms with Crippen molar-refractivity contribution in [2.75, 3.05) is 6.61 Å². The van der Waals surface area contributed by atoms with E-state index >= 15 is 0 Å². The molecule has 0 N–H and O–H groups in total. The smallest absolute Gasteiger partial charge is 0.0612 e. The highest BCUT2D eigenvalue weighted by molar-refractivity contribution is 4.99. The summed E-state index contributed by atoms with van der Waals surface area (Å²) in [7, 11) is 0. The standard InChI is InChI=1S/C11H20O/c1-3-4-8-12-11-7-5-6-10(2)9-11/h11H,2-9H2,1H3. The minimum Gasteiger partial charge on any atom is -0.378 e. The highest BCUT2D eigenvalue weighted by atomic mass is 16.5. The fourth-order valence-corrected chi connectivity index (χ4v) is 1.64. The Labute approximate surface area is 75.8 Å². The largest absolute Gasteiger partial charge is 0.378 e. The third-order valence-corrected chi connectivity index (χ3v) is 2.42. The van der Waals surface area contributed by atoms with E-state index in [4.69, 9.17) is 4.74 Å². The zero-order valence-electron chi connectivity index (χ0n) is 8.14. The molecule has 1 atom stereocenters. The van der Waals surface area contributed by atoms with Crippen LogP contribution in [-0.4, -0.2) is 12.7 Å². The molecule has 0 aromatic heterocycles. The van der Waals surface area contributed by atoms with Crippen molar-refractivity contribution >= 4 is 0 Å². The predicted molar refractivity (Wildman–Crippen MR) is 52.3 cm³/mol. The van der Waals surface area contributed by atoms with Crippen molar-refractivity contribution in [2.45, 2.75) is 51.6 Å². The maximum atomic E-state index is 5.73. The second-order valence-corrected chi connectivity index (χ2v) is 3.69. The number of hydrogen-bond donors (Lipinski definition) is 0. The van der Waals surface area contributed by atoms with Crippen molar-refractivity contribution in [3.05, 3.63) is 12.2 Å². The Balaban J connectivity index is 2.10. The minimum atomic E-state index is 0.484. The first kappa shape index (κ1) is 9.79. The summed E-state index contributed by atoms with van der Waals surface area (Å²) in [6.45, 7) is 7.15. The van der Waals surface area contributed by atoms with Crippen LogP contribution >= 0.6 is 0 Å². The van der Waals surface area contributed by atoms with Crippen molar-refractivity contribution in [3.8, 4) is 0 Å². The molecule has 0 aliphatic heterocycles. The van der Waals surface area contributed by atoms with Gasteiger partial charge in [-0.05, 0) is 32.1 Å². The molecule has 0 aromatic rings. The predicted octanol–water partition coefficient (Wildman–Crippen LogP) is 3.30. The lowest BCUT2D eigenvalue weighted by molar-refractivity contribution is 0.0379. The van der Waals surface area contributed by atoms with E-state index in [0.717, 1.165) is 13.0 Å².